The first kappa shape index (κ1) is 21.3. The Morgan fingerprint density at radius 2 is 2.03 bits per heavy atom. The maximum absolute atomic E-state index is 12.3. The van der Waals surface area contributed by atoms with E-state index in [2.05, 4.69) is 30.2 Å². The summed E-state index contributed by atoms with van der Waals surface area (Å²) in [5.41, 5.74) is 1.33. The molecule has 0 aliphatic carbocycles. The van der Waals surface area contributed by atoms with Gasteiger partial charge in [-0.3, -0.25) is 4.68 Å². The number of carbonyl (C=O) groups is 1. The number of carbonyl (C=O) groups excluding carboxylic acids is 1. The smallest absolute Gasteiger partial charge is 0.410 e. The first-order valence-electron chi connectivity index (χ1n) is 11.0. The van der Waals surface area contributed by atoms with Gasteiger partial charge in [0.05, 0.1) is 5.52 Å². The van der Waals surface area contributed by atoms with E-state index in [-0.39, 0.29) is 12.0 Å². The average Bonchev–Trinajstić information content (AvgIpc) is 3.38. The summed E-state index contributed by atoms with van der Waals surface area (Å²) in [5.74, 6) is 1.35. The van der Waals surface area contributed by atoms with Crippen LogP contribution in [0.3, 0.4) is 0 Å². The van der Waals surface area contributed by atoms with E-state index in [4.69, 9.17) is 14.4 Å². The van der Waals surface area contributed by atoms with Gasteiger partial charge in [-0.1, -0.05) is 24.2 Å². The van der Waals surface area contributed by atoms with E-state index in [1.807, 2.05) is 43.7 Å². The Morgan fingerprint density at radius 3 is 2.71 bits per heavy atom. The maximum atomic E-state index is 12.3. The van der Waals surface area contributed by atoms with Crippen LogP contribution in [0.1, 0.15) is 71.7 Å². The van der Waals surface area contributed by atoms with Gasteiger partial charge in [0.15, 0.2) is 0 Å². The van der Waals surface area contributed by atoms with Crippen molar-refractivity contribution in [2.75, 3.05) is 13.1 Å². The van der Waals surface area contributed by atoms with Crippen molar-refractivity contribution in [2.24, 2.45) is 0 Å². The fraction of sp³-hybridized carbons (Fsp3) is 0.565. The van der Waals surface area contributed by atoms with Crippen molar-refractivity contribution in [1.29, 1.82) is 0 Å². The third-order valence-electron chi connectivity index (χ3n) is 5.76. The highest BCUT2D eigenvalue weighted by atomic mass is 16.6. The van der Waals surface area contributed by atoms with Crippen LogP contribution >= 0.6 is 0 Å². The Morgan fingerprint density at radius 1 is 1.29 bits per heavy atom. The van der Waals surface area contributed by atoms with Crippen LogP contribution < -0.4 is 0 Å². The number of nitrogens with zero attached hydrogens (tertiary/aromatic N) is 5. The summed E-state index contributed by atoms with van der Waals surface area (Å²) in [6, 6.07) is 6.42. The SMILES string of the molecule is CCC(C)n1cc2ccc(-c3noc(C4CCN(C(=O)OC(C)(C)C)CC4)n3)cc2n1. The van der Waals surface area contributed by atoms with Gasteiger partial charge < -0.3 is 14.2 Å². The fourth-order valence-electron chi connectivity index (χ4n) is 3.74. The lowest BCUT2D eigenvalue weighted by Gasteiger charge is -2.32. The van der Waals surface area contributed by atoms with Crippen LogP contribution in [-0.2, 0) is 4.74 Å². The molecule has 1 saturated heterocycles. The van der Waals surface area contributed by atoms with Gasteiger partial charge in [0.2, 0.25) is 11.7 Å². The minimum atomic E-state index is -0.485. The standard InChI is InChI=1S/C23H31N5O3/c1-6-15(2)28-14-18-8-7-17(13-19(18)25-28)20-24-21(31-26-20)16-9-11-27(12-10-16)22(29)30-23(3,4)5/h7-8,13-16H,6,9-12H2,1-5H3. The van der Waals surface area contributed by atoms with Gasteiger partial charge in [-0.05, 0) is 53.0 Å². The quantitative estimate of drug-likeness (QED) is 0.573. The number of fused-ring (bicyclic) bond motifs is 1. The molecule has 1 unspecified atom stereocenters. The van der Waals surface area contributed by atoms with Crippen molar-refractivity contribution in [3.8, 4) is 11.4 Å². The molecule has 31 heavy (non-hydrogen) atoms. The van der Waals surface area contributed by atoms with Crippen molar-refractivity contribution in [1.82, 2.24) is 24.8 Å². The molecule has 1 aliphatic heterocycles. The molecule has 0 radical (unpaired) electrons. The minimum Gasteiger partial charge on any atom is -0.444 e. The van der Waals surface area contributed by atoms with Crippen LogP contribution in [0.25, 0.3) is 22.3 Å². The van der Waals surface area contributed by atoms with E-state index in [0.717, 1.165) is 35.7 Å². The first-order valence-corrected chi connectivity index (χ1v) is 11.0. The molecule has 0 N–H and O–H groups in total. The van der Waals surface area contributed by atoms with Crippen molar-refractivity contribution in [2.45, 2.75) is 71.4 Å². The lowest BCUT2D eigenvalue weighted by atomic mass is 9.97. The second-order valence-electron chi connectivity index (χ2n) is 9.34. The lowest BCUT2D eigenvalue weighted by molar-refractivity contribution is 0.0198. The molecule has 8 nitrogen and oxygen atoms in total. The lowest BCUT2D eigenvalue weighted by Crippen LogP contribution is -2.41. The number of aromatic nitrogens is 4. The second-order valence-corrected chi connectivity index (χ2v) is 9.34. The summed E-state index contributed by atoms with van der Waals surface area (Å²) in [7, 11) is 0. The highest BCUT2D eigenvalue weighted by Gasteiger charge is 2.30. The normalized spacial score (nSPS) is 16.6. The number of piperidine rings is 1. The van der Waals surface area contributed by atoms with Crippen molar-refractivity contribution in [3.63, 3.8) is 0 Å². The van der Waals surface area contributed by atoms with Gasteiger partial charge >= 0.3 is 6.09 Å². The summed E-state index contributed by atoms with van der Waals surface area (Å²) >= 11 is 0. The summed E-state index contributed by atoms with van der Waals surface area (Å²) < 4.78 is 13.1. The molecule has 1 amide bonds. The van der Waals surface area contributed by atoms with Crippen LogP contribution in [0.4, 0.5) is 4.79 Å². The predicted octanol–water partition coefficient (Wildman–Crippen LogP) is 5.17. The number of likely N-dealkylation sites (tertiary alicyclic amines) is 1. The third-order valence-corrected chi connectivity index (χ3v) is 5.76. The van der Waals surface area contributed by atoms with Crippen LogP contribution in [0.2, 0.25) is 0 Å². The number of benzene rings is 1. The fourth-order valence-corrected chi connectivity index (χ4v) is 3.74. The zero-order valence-corrected chi connectivity index (χ0v) is 19.0. The Balaban J connectivity index is 1.43. The highest BCUT2D eigenvalue weighted by Crippen LogP contribution is 2.30. The zero-order chi connectivity index (χ0) is 22.2. The number of rotatable bonds is 4. The van der Waals surface area contributed by atoms with Crippen LogP contribution in [0.15, 0.2) is 28.9 Å². The highest BCUT2D eigenvalue weighted by molar-refractivity contribution is 5.82. The van der Waals surface area contributed by atoms with Crippen LogP contribution in [0.5, 0.6) is 0 Å². The van der Waals surface area contributed by atoms with Crippen LogP contribution in [0, 0.1) is 0 Å². The molecule has 8 heteroatoms. The van der Waals surface area contributed by atoms with Gasteiger partial charge in [-0.25, -0.2) is 4.79 Å². The van der Waals surface area contributed by atoms with E-state index in [1.165, 1.54) is 0 Å². The van der Waals surface area contributed by atoms with Gasteiger partial charge in [-0.2, -0.15) is 10.1 Å². The van der Waals surface area contributed by atoms with Crippen molar-refractivity contribution in [3.05, 3.63) is 30.3 Å². The Bertz CT molecular complexity index is 1060. The monoisotopic (exact) mass is 425 g/mol. The van der Waals surface area contributed by atoms with Crippen molar-refractivity contribution >= 4 is 17.0 Å². The molecule has 166 valence electrons. The number of ether oxygens (including phenoxy) is 1. The van der Waals surface area contributed by atoms with E-state index >= 15 is 0 Å². The van der Waals surface area contributed by atoms with E-state index in [1.54, 1.807) is 4.90 Å². The maximum Gasteiger partial charge on any atom is 0.410 e. The molecule has 1 fully saturated rings. The molecular formula is C23H31N5O3. The van der Waals surface area contributed by atoms with Gasteiger partial charge in [0.1, 0.15) is 5.60 Å². The first-order chi connectivity index (χ1) is 14.7. The van der Waals surface area contributed by atoms with E-state index in [0.29, 0.717) is 30.8 Å². The summed E-state index contributed by atoms with van der Waals surface area (Å²) in [4.78, 5) is 18.7. The Kier molecular flexibility index (Phi) is 5.73. The molecule has 3 heterocycles. The zero-order valence-electron chi connectivity index (χ0n) is 19.0. The second kappa shape index (κ2) is 8.32. The number of hydrogen-bond acceptors (Lipinski definition) is 6. The minimum absolute atomic E-state index is 0.147. The molecule has 1 atom stereocenters. The molecular weight excluding hydrogens is 394 g/mol. The van der Waals surface area contributed by atoms with Crippen LogP contribution in [-0.4, -0.2) is 49.6 Å². The largest absolute Gasteiger partial charge is 0.444 e. The number of hydrogen-bond donors (Lipinski definition) is 0. The molecule has 1 aliphatic rings. The van der Waals surface area contributed by atoms with Gasteiger partial charge in [0.25, 0.3) is 0 Å². The molecule has 2 aromatic heterocycles. The summed E-state index contributed by atoms with van der Waals surface area (Å²) in [6.07, 6.45) is 4.40. The van der Waals surface area contributed by atoms with Gasteiger partial charge in [-0.15, -0.1) is 0 Å². The molecule has 0 bridgehead atoms. The summed E-state index contributed by atoms with van der Waals surface area (Å²) in [6.45, 7) is 11.2. The number of amides is 1. The predicted molar refractivity (Wildman–Crippen MR) is 118 cm³/mol. The molecule has 4 rings (SSSR count). The third kappa shape index (κ3) is 4.73. The summed E-state index contributed by atoms with van der Waals surface area (Å²) in [5, 5.41) is 10.0. The Hall–Kier alpha value is -2.90. The Labute approximate surface area is 182 Å². The van der Waals surface area contributed by atoms with E-state index < -0.39 is 5.60 Å². The molecule has 0 saturated carbocycles. The molecule has 0 spiro atoms. The topological polar surface area (TPSA) is 86.3 Å². The molecule has 3 aromatic rings. The van der Waals surface area contributed by atoms with Gasteiger partial charge in [0, 0.05) is 42.2 Å². The average molecular weight is 426 g/mol. The van der Waals surface area contributed by atoms with Crippen molar-refractivity contribution < 1.29 is 14.1 Å². The van der Waals surface area contributed by atoms with E-state index in [9.17, 15) is 4.79 Å². The molecule has 1 aromatic carbocycles.